The predicted molar refractivity (Wildman–Crippen MR) is 359 cm³/mol. The van der Waals surface area contributed by atoms with Gasteiger partial charge >= 0.3 is 23.9 Å². The topological polar surface area (TPSA) is 654 Å². The number of phenols is 1. The number of likely N-dealkylation sites (tertiary alicyclic amines) is 1. The summed E-state index contributed by atoms with van der Waals surface area (Å²) in [5.74, 6) is -21.7. The molecule has 0 saturated carbocycles. The number of hydrogen-bond donors (Lipinski definition) is 21. The molecule has 13 amide bonds. The van der Waals surface area contributed by atoms with Crippen LogP contribution in [0.3, 0.4) is 0 Å². The van der Waals surface area contributed by atoms with E-state index in [1.807, 2.05) is 0 Å². The van der Waals surface area contributed by atoms with Gasteiger partial charge in [-0.15, -0.1) is 0 Å². The molecule has 574 valence electrons. The van der Waals surface area contributed by atoms with Crippen LogP contribution in [0.4, 0.5) is 0 Å². The lowest BCUT2D eigenvalue weighted by molar-refractivity contribution is -0.146. The average molecular weight is 1470 g/mol. The van der Waals surface area contributed by atoms with E-state index in [0.717, 1.165) is 25.7 Å². The Morgan fingerprint density at radius 3 is 1.30 bits per heavy atom. The van der Waals surface area contributed by atoms with Gasteiger partial charge < -0.3 is 116 Å². The van der Waals surface area contributed by atoms with Crippen LogP contribution in [0.5, 0.6) is 5.75 Å². The maximum atomic E-state index is 14.5. The number of aliphatic carboxylic acids is 4. The smallest absolute Gasteiger partial charge is 0.326 e. The molecule has 0 aliphatic carbocycles. The van der Waals surface area contributed by atoms with Gasteiger partial charge in [0.15, 0.2) is 0 Å². The van der Waals surface area contributed by atoms with Crippen LogP contribution in [0.1, 0.15) is 123 Å². The van der Waals surface area contributed by atoms with Gasteiger partial charge in [-0.3, -0.25) is 76.7 Å². The number of hydrogen-bond acceptors (Lipinski definition) is 22. The summed E-state index contributed by atoms with van der Waals surface area (Å²) in [5, 5.41) is 104. The second-order valence-electron chi connectivity index (χ2n) is 25.4. The van der Waals surface area contributed by atoms with Gasteiger partial charge in [0.05, 0.1) is 30.8 Å². The van der Waals surface area contributed by atoms with E-state index in [4.69, 9.17) is 22.3 Å². The summed E-state index contributed by atoms with van der Waals surface area (Å²) >= 11 is 0. The van der Waals surface area contributed by atoms with Gasteiger partial charge in [-0.25, -0.2) is 4.79 Å². The molecule has 1 saturated heterocycles. The Kier molecular flexibility index (Phi) is 35.7. The van der Waals surface area contributed by atoms with E-state index in [1.54, 1.807) is 44.2 Å². The van der Waals surface area contributed by atoms with Gasteiger partial charge in [0.25, 0.3) is 0 Å². The van der Waals surface area contributed by atoms with E-state index < -0.39 is 249 Å². The summed E-state index contributed by atoms with van der Waals surface area (Å²) in [4.78, 5) is 226. The number of carboxylic acid groups (broad SMARTS) is 4. The largest absolute Gasteiger partial charge is 0.508 e. The van der Waals surface area contributed by atoms with Gasteiger partial charge in [0.2, 0.25) is 76.8 Å². The summed E-state index contributed by atoms with van der Waals surface area (Å²) in [6, 6.07) is -8.39. The van der Waals surface area contributed by atoms with Crippen LogP contribution in [0, 0.1) is 5.92 Å². The number of amides is 13. The highest BCUT2D eigenvalue weighted by molar-refractivity contribution is 6.01. The molecule has 15 atom stereocenters. The first-order valence-electron chi connectivity index (χ1n) is 33.1. The van der Waals surface area contributed by atoms with E-state index in [2.05, 4.69) is 53.2 Å². The number of primary amides is 2. The van der Waals surface area contributed by atoms with Crippen LogP contribution in [-0.2, 0) is 94.3 Å². The first-order chi connectivity index (χ1) is 48.7. The minimum atomic E-state index is -2.16. The average Bonchev–Trinajstić information content (AvgIpc) is 1.74. The second-order valence-corrected chi connectivity index (χ2v) is 25.4. The van der Waals surface area contributed by atoms with Crippen molar-refractivity contribution in [3.63, 3.8) is 0 Å². The van der Waals surface area contributed by atoms with Gasteiger partial charge in [-0.05, 0) is 94.9 Å². The molecule has 2 aromatic carbocycles. The summed E-state index contributed by atoms with van der Waals surface area (Å²) in [5.41, 5.74) is 17.0. The SMILES string of the molecule is CC(C)C[C@H](NC(=O)[C@@H](NC(=O)[C@@H](N)CCC(=O)O)[C@@H](C)O)C(=O)N[C@H](C(=O)N1CCC[C@H]1C(=O)N[C@@H](CC(=O)O)C(=O)N[C@H](C(=O)N[C@@H](CCC(N)=O)C(=O)N[C@@H](Cc1ccc(O)cc1)C(=O)N[C@@H](CCC(=O)O)C(=O)N[C@@H](Cc1ccccc1)C(=O)N[C@@H](CCC(N)=O)C(=O)O)[C@@H](C)O)[C@@H](C)O. The third-order valence-corrected chi connectivity index (χ3v) is 16.2. The molecule has 3 rings (SSSR count). The third-order valence-electron chi connectivity index (χ3n) is 16.2. The van der Waals surface area contributed by atoms with Crippen molar-refractivity contribution < 1.29 is 122 Å². The number of aliphatic hydroxyl groups is 3. The minimum absolute atomic E-state index is 0.0832. The third kappa shape index (κ3) is 29.9. The lowest BCUT2D eigenvalue weighted by Crippen LogP contribution is -2.63. The fraction of sp³-hybridized carbons (Fsp3) is 0.554. The highest BCUT2D eigenvalue weighted by Gasteiger charge is 2.43. The predicted octanol–water partition coefficient (Wildman–Crippen LogP) is -6.65. The van der Waals surface area contributed by atoms with Crippen LogP contribution in [0.25, 0.3) is 0 Å². The van der Waals surface area contributed by atoms with E-state index in [9.17, 15) is 117 Å². The quantitative estimate of drug-likeness (QED) is 0.0293. The zero-order valence-electron chi connectivity index (χ0n) is 57.7. The number of nitrogens with zero attached hydrogens (tertiary/aromatic N) is 1. The maximum Gasteiger partial charge on any atom is 0.326 e. The molecule has 0 radical (unpaired) electrons. The Morgan fingerprint density at radius 2 is 0.837 bits per heavy atom. The second kappa shape index (κ2) is 42.5. The monoisotopic (exact) mass is 1470 g/mol. The standard InChI is InChI=1S/C65H94N14O25/c1-30(2)26-41(75-63(101)51(31(3)80)76-54(92)37(66)17-23-48(86)87)59(97)78-53(33(5)82)64(102)79-25-9-12-45(79)61(99)74-44(29-50(90)91)60(98)77-52(32(4)81)62(100)70-38(18-21-46(67)84)55(93)73-43(28-35-13-15-36(83)16-14-35)57(95)69-39(20-24-49(88)89)56(94)72-42(27-34-10-7-6-8-11-34)58(96)71-40(65(103)104)19-22-47(68)85/h6-8,10-11,13-16,30-33,37-45,51-53,80-83H,9,12,17-29,66H2,1-5H3,(H2,67,84)(H2,68,85)(H,69,95)(H,70,100)(H,71,96)(H,72,94)(H,73,93)(H,74,99)(H,75,101)(H,76,92)(H,77,98)(H,78,97)(H,86,87)(H,88,89)(H,90,91)(H,103,104)/t31-,32-,33-,37+,38+,39+,40+,41+,42+,43+,44+,45+,51+,52+,53+/m1/s1. The number of rotatable bonds is 45. The van der Waals surface area contributed by atoms with Crippen LogP contribution < -0.4 is 70.4 Å². The number of phenolic OH excluding ortho intramolecular Hbond substituents is 1. The molecular formula is C65H94N14O25. The molecule has 2 aromatic rings. The van der Waals surface area contributed by atoms with Crippen molar-refractivity contribution in [2.45, 2.75) is 215 Å². The van der Waals surface area contributed by atoms with Crippen molar-refractivity contribution in [3.8, 4) is 5.75 Å². The van der Waals surface area contributed by atoms with Gasteiger partial charge in [0, 0.05) is 45.1 Å². The normalized spacial score (nSPS) is 16.6. The number of carboxylic acids is 4. The first kappa shape index (κ1) is 87.3. The highest BCUT2D eigenvalue weighted by atomic mass is 16.4. The molecule has 1 aliphatic rings. The number of benzene rings is 2. The van der Waals surface area contributed by atoms with Crippen molar-refractivity contribution in [3.05, 3.63) is 65.7 Å². The summed E-state index contributed by atoms with van der Waals surface area (Å²) in [7, 11) is 0. The molecule has 0 spiro atoms. The van der Waals surface area contributed by atoms with Crippen molar-refractivity contribution >= 4 is 101 Å². The fourth-order valence-electron chi connectivity index (χ4n) is 10.6. The first-order valence-corrected chi connectivity index (χ1v) is 33.1. The van der Waals surface area contributed by atoms with Gasteiger partial charge in [0.1, 0.15) is 72.2 Å². The van der Waals surface area contributed by atoms with Gasteiger partial charge in [-0.2, -0.15) is 0 Å². The van der Waals surface area contributed by atoms with Crippen molar-refractivity contribution in [2.24, 2.45) is 23.1 Å². The molecular weight excluding hydrogens is 1380 g/mol. The number of carbonyl (C=O) groups excluding carboxylic acids is 13. The van der Waals surface area contributed by atoms with Crippen molar-refractivity contribution in [1.29, 1.82) is 0 Å². The lowest BCUT2D eigenvalue weighted by atomic mass is 10.0. The zero-order chi connectivity index (χ0) is 78.4. The molecule has 1 fully saturated rings. The number of nitrogens with one attached hydrogen (secondary N) is 10. The number of carbonyl (C=O) groups is 17. The Hall–Kier alpha value is -10.9. The number of aromatic hydroxyl groups is 1. The molecule has 24 N–H and O–H groups in total. The molecule has 1 aliphatic heterocycles. The Labute approximate surface area is 595 Å². The van der Waals surface area contributed by atoms with Gasteiger partial charge in [-0.1, -0.05) is 56.3 Å². The Balaban J connectivity index is 1.94. The summed E-state index contributed by atoms with van der Waals surface area (Å²) in [6.45, 7) is 6.29. The van der Waals surface area contributed by atoms with Crippen molar-refractivity contribution in [2.75, 3.05) is 6.54 Å². The molecule has 0 aromatic heterocycles. The summed E-state index contributed by atoms with van der Waals surface area (Å²) < 4.78 is 0. The molecule has 39 heteroatoms. The lowest BCUT2D eigenvalue weighted by Gasteiger charge is -2.32. The Morgan fingerprint density at radius 1 is 0.442 bits per heavy atom. The zero-order valence-corrected chi connectivity index (χ0v) is 57.7. The molecule has 39 nitrogen and oxygen atoms in total. The number of nitrogens with two attached hydrogens (primary N) is 3. The van der Waals surface area contributed by atoms with Crippen molar-refractivity contribution in [1.82, 2.24) is 58.1 Å². The summed E-state index contributed by atoms with van der Waals surface area (Å²) in [6.07, 6.45) is -12.1. The Bertz CT molecular complexity index is 3390. The van der Waals surface area contributed by atoms with Crippen LogP contribution in [-0.4, -0.2) is 244 Å². The maximum absolute atomic E-state index is 14.5. The van der Waals surface area contributed by atoms with E-state index >= 15 is 0 Å². The molecule has 0 unspecified atom stereocenters. The van der Waals surface area contributed by atoms with E-state index in [0.29, 0.717) is 5.56 Å². The number of aliphatic hydroxyl groups excluding tert-OH is 3. The van der Waals surface area contributed by atoms with Crippen LogP contribution in [0.15, 0.2) is 54.6 Å². The van der Waals surface area contributed by atoms with Crippen LogP contribution in [0.2, 0.25) is 0 Å². The minimum Gasteiger partial charge on any atom is -0.508 e. The van der Waals surface area contributed by atoms with Crippen LogP contribution >= 0.6 is 0 Å². The van der Waals surface area contributed by atoms with E-state index in [1.165, 1.54) is 24.3 Å². The molecule has 104 heavy (non-hydrogen) atoms. The highest BCUT2D eigenvalue weighted by Crippen LogP contribution is 2.21. The fourth-order valence-corrected chi connectivity index (χ4v) is 10.6. The molecule has 1 heterocycles. The molecule has 0 bridgehead atoms. The van der Waals surface area contributed by atoms with E-state index in [-0.39, 0.29) is 55.9 Å².